The number of rotatable bonds is 2. The van der Waals surface area contributed by atoms with Crippen LogP contribution in [0.15, 0.2) is 45.3 Å². The van der Waals surface area contributed by atoms with Crippen molar-refractivity contribution >= 4 is 55.1 Å². The average Bonchev–Trinajstić information content (AvgIpc) is 2.74. The molecule has 20 heavy (non-hydrogen) atoms. The zero-order valence-electron chi connectivity index (χ0n) is 10.5. The van der Waals surface area contributed by atoms with Crippen LogP contribution in [0.2, 0.25) is 0 Å². The van der Waals surface area contributed by atoms with Crippen LogP contribution in [0.5, 0.6) is 5.75 Å². The van der Waals surface area contributed by atoms with Crippen LogP contribution >= 0.6 is 44.1 Å². The molecule has 1 aromatic heterocycles. The largest absolute Gasteiger partial charge is 0.497 e. The summed E-state index contributed by atoms with van der Waals surface area (Å²) in [6.45, 7) is 0. The molecule has 0 atom stereocenters. The topological polar surface area (TPSA) is 29.9 Å². The summed E-state index contributed by atoms with van der Waals surface area (Å²) in [7, 11) is 1.65. The number of H-pyrrole nitrogens is 1. The summed E-state index contributed by atoms with van der Waals surface area (Å²) in [6, 6.07) is 11.8. The summed E-state index contributed by atoms with van der Waals surface area (Å²) in [6.07, 6.45) is 0. The number of fused-ring (bicyclic) bond motifs is 1. The highest BCUT2D eigenvalue weighted by Crippen LogP contribution is 2.32. The molecule has 6 heteroatoms. The van der Waals surface area contributed by atoms with Gasteiger partial charge in [-0.05, 0) is 68.3 Å². The number of benzene rings is 2. The van der Waals surface area contributed by atoms with Crippen molar-refractivity contribution in [2.45, 2.75) is 0 Å². The molecular formula is C14H10Br2N2OS. The first kappa shape index (κ1) is 13.9. The number of halogens is 2. The Bertz CT molecular complexity index is 834. The molecule has 0 aliphatic carbocycles. The normalized spacial score (nSPS) is 10.9. The van der Waals surface area contributed by atoms with E-state index in [1.54, 1.807) is 7.11 Å². The molecule has 0 radical (unpaired) electrons. The fraction of sp³-hybridized carbons (Fsp3) is 0.0714. The molecule has 0 saturated heterocycles. The highest BCUT2D eigenvalue weighted by Gasteiger charge is 2.12. The van der Waals surface area contributed by atoms with Crippen LogP contribution in [-0.2, 0) is 0 Å². The molecule has 0 fully saturated rings. The third-order valence-electron chi connectivity index (χ3n) is 3.05. The van der Waals surface area contributed by atoms with Gasteiger partial charge in [-0.2, -0.15) is 0 Å². The van der Waals surface area contributed by atoms with Gasteiger partial charge in [0.15, 0.2) is 4.77 Å². The number of ether oxygens (including phenoxy) is 1. The Morgan fingerprint density at radius 2 is 1.85 bits per heavy atom. The number of aromatic nitrogens is 2. The van der Waals surface area contributed by atoms with Gasteiger partial charge in [-0.15, -0.1) is 0 Å². The minimum Gasteiger partial charge on any atom is -0.497 e. The lowest BCUT2D eigenvalue weighted by Gasteiger charge is -2.10. The smallest absolute Gasteiger partial charge is 0.182 e. The van der Waals surface area contributed by atoms with Crippen molar-refractivity contribution in [3.05, 3.63) is 50.1 Å². The summed E-state index contributed by atoms with van der Waals surface area (Å²) in [5.41, 5.74) is 2.93. The van der Waals surface area contributed by atoms with Gasteiger partial charge in [-0.25, -0.2) is 0 Å². The molecule has 3 rings (SSSR count). The lowest BCUT2D eigenvalue weighted by molar-refractivity contribution is 0.415. The minimum absolute atomic E-state index is 0.640. The highest BCUT2D eigenvalue weighted by molar-refractivity contribution is 9.11. The molecule has 0 amide bonds. The number of methoxy groups -OCH3 is 1. The van der Waals surface area contributed by atoms with Crippen LogP contribution in [0.3, 0.4) is 0 Å². The predicted octanol–water partition coefficient (Wildman–Crippen LogP) is 5.22. The van der Waals surface area contributed by atoms with Gasteiger partial charge in [0, 0.05) is 15.0 Å². The molecule has 3 aromatic rings. The van der Waals surface area contributed by atoms with Gasteiger partial charge in [0.1, 0.15) is 5.75 Å². The van der Waals surface area contributed by atoms with E-state index in [1.807, 2.05) is 41.0 Å². The first-order chi connectivity index (χ1) is 9.61. The van der Waals surface area contributed by atoms with E-state index in [0.29, 0.717) is 4.77 Å². The molecule has 0 spiro atoms. The van der Waals surface area contributed by atoms with Gasteiger partial charge >= 0.3 is 0 Å². The van der Waals surface area contributed by atoms with Crippen LogP contribution in [-0.4, -0.2) is 16.7 Å². The van der Waals surface area contributed by atoms with Crippen molar-refractivity contribution in [2.24, 2.45) is 0 Å². The number of para-hydroxylation sites is 1. The maximum absolute atomic E-state index is 5.46. The van der Waals surface area contributed by atoms with Crippen molar-refractivity contribution in [1.29, 1.82) is 0 Å². The van der Waals surface area contributed by atoms with Crippen LogP contribution in [0.1, 0.15) is 0 Å². The van der Waals surface area contributed by atoms with Crippen molar-refractivity contribution in [2.75, 3.05) is 7.11 Å². The van der Waals surface area contributed by atoms with E-state index >= 15 is 0 Å². The van der Waals surface area contributed by atoms with E-state index in [-0.39, 0.29) is 0 Å². The first-order valence-electron chi connectivity index (χ1n) is 5.85. The molecule has 3 nitrogen and oxygen atoms in total. The third-order valence-corrected chi connectivity index (χ3v) is 4.61. The maximum atomic E-state index is 5.46. The summed E-state index contributed by atoms with van der Waals surface area (Å²) in [4.78, 5) is 3.21. The maximum Gasteiger partial charge on any atom is 0.182 e. The lowest BCUT2D eigenvalue weighted by atomic mass is 10.2. The zero-order chi connectivity index (χ0) is 14.3. The Balaban J connectivity index is 2.37. The zero-order valence-corrected chi connectivity index (χ0v) is 14.5. The Kier molecular flexibility index (Phi) is 3.70. The van der Waals surface area contributed by atoms with Crippen LogP contribution in [0.4, 0.5) is 0 Å². The second kappa shape index (κ2) is 5.35. The van der Waals surface area contributed by atoms with Gasteiger partial charge < -0.3 is 9.72 Å². The average molecular weight is 414 g/mol. The van der Waals surface area contributed by atoms with Crippen molar-refractivity contribution < 1.29 is 4.74 Å². The fourth-order valence-corrected chi connectivity index (χ4v) is 3.80. The Hall–Kier alpha value is -1.11. The van der Waals surface area contributed by atoms with E-state index in [4.69, 9.17) is 17.0 Å². The fourth-order valence-electron chi connectivity index (χ4n) is 2.14. The number of aromatic amines is 1. The summed E-state index contributed by atoms with van der Waals surface area (Å²) < 4.78 is 9.82. The molecule has 102 valence electrons. The molecule has 2 aromatic carbocycles. The highest BCUT2D eigenvalue weighted by atomic mass is 79.9. The summed E-state index contributed by atoms with van der Waals surface area (Å²) in [5, 5.41) is 0. The molecule has 0 aliphatic rings. The SMILES string of the molecule is COc1ccc2c(c1)[nH]c(=S)n2-c1c(Br)cccc1Br. The number of imidazole rings is 1. The van der Waals surface area contributed by atoms with Gasteiger partial charge in [0.05, 0.1) is 23.8 Å². The van der Waals surface area contributed by atoms with Crippen molar-refractivity contribution in [3.63, 3.8) is 0 Å². The molecule has 1 N–H and O–H groups in total. The number of nitrogens with one attached hydrogen (secondary N) is 1. The van der Waals surface area contributed by atoms with Crippen LogP contribution in [0.25, 0.3) is 16.7 Å². The Morgan fingerprint density at radius 1 is 1.15 bits per heavy atom. The molecular weight excluding hydrogens is 404 g/mol. The second-order valence-corrected chi connectivity index (χ2v) is 6.31. The molecule has 0 bridgehead atoms. The predicted molar refractivity (Wildman–Crippen MR) is 90.4 cm³/mol. The Morgan fingerprint density at radius 3 is 2.50 bits per heavy atom. The minimum atomic E-state index is 0.640. The summed E-state index contributed by atoms with van der Waals surface area (Å²) in [5.74, 6) is 0.798. The van der Waals surface area contributed by atoms with Crippen molar-refractivity contribution in [1.82, 2.24) is 9.55 Å². The molecule has 0 aliphatic heterocycles. The second-order valence-electron chi connectivity index (χ2n) is 4.22. The standard InChI is InChI=1S/C14H10Br2N2OS/c1-19-8-5-6-12-11(7-8)17-14(20)18(12)13-9(15)3-2-4-10(13)16/h2-7H,1H3,(H,17,20). The van der Waals surface area contributed by atoms with E-state index in [2.05, 4.69) is 36.8 Å². The monoisotopic (exact) mass is 412 g/mol. The number of hydrogen-bond donors (Lipinski definition) is 1. The first-order valence-corrected chi connectivity index (χ1v) is 7.84. The molecule has 0 saturated carbocycles. The number of nitrogens with zero attached hydrogens (tertiary/aromatic N) is 1. The van der Waals surface area contributed by atoms with E-state index in [9.17, 15) is 0 Å². The van der Waals surface area contributed by atoms with Gasteiger partial charge in [0.25, 0.3) is 0 Å². The van der Waals surface area contributed by atoms with Gasteiger partial charge in [-0.3, -0.25) is 4.57 Å². The van der Waals surface area contributed by atoms with E-state index < -0.39 is 0 Å². The Labute approximate surface area is 137 Å². The lowest BCUT2D eigenvalue weighted by Crippen LogP contribution is -1.96. The molecule has 1 heterocycles. The van der Waals surface area contributed by atoms with Crippen LogP contribution in [0, 0.1) is 4.77 Å². The third kappa shape index (κ3) is 2.21. The number of hydrogen-bond acceptors (Lipinski definition) is 2. The van der Waals surface area contributed by atoms with Gasteiger partial charge in [0.2, 0.25) is 0 Å². The van der Waals surface area contributed by atoms with E-state index in [1.165, 1.54) is 0 Å². The van der Waals surface area contributed by atoms with Crippen molar-refractivity contribution in [3.8, 4) is 11.4 Å². The van der Waals surface area contributed by atoms with Gasteiger partial charge in [-0.1, -0.05) is 6.07 Å². The molecule has 0 unspecified atom stereocenters. The van der Waals surface area contributed by atoms with E-state index in [0.717, 1.165) is 31.4 Å². The quantitative estimate of drug-likeness (QED) is 0.583. The summed E-state index contributed by atoms with van der Waals surface area (Å²) >= 11 is 12.6. The van der Waals surface area contributed by atoms with Crippen LogP contribution < -0.4 is 4.74 Å².